The summed E-state index contributed by atoms with van der Waals surface area (Å²) >= 11 is 5.83. The molecule has 0 radical (unpaired) electrons. The summed E-state index contributed by atoms with van der Waals surface area (Å²) in [6.45, 7) is 0. The molecule has 100 valence electrons. The zero-order chi connectivity index (χ0) is 13.8. The minimum atomic E-state index is -0.452. The predicted octanol–water partition coefficient (Wildman–Crippen LogP) is 2.52. The fourth-order valence-corrected chi connectivity index (χ4v) is 1.87. The summed E-state index contributed by atoms with van der Waals surface area (Å²) in [6, 6.07) is 7.30. The van der Waals surface area contributed by atoms with Crippen LogP contribution >= 0.6 is 11.6 Å². The number of benzene rings is 1. The van der Waals surface area contributed by atoms with Crippen LogP contribution in [0.2, 0.25) is 5.02 Å². The van der Waals surface area contributed by atoms with Crippen molar-refractivity contribution in [3.05, 3.63) is 52.4 Å². The van der Waals surface area contributed by atoms with E-state index in [1.54, 1.807) is 18.2 Å². The second-order valence-electron chi connectivity index (χ2n) is 4.05. The highest BCUT2D eigenvalue weighted by Crippen LogP contribution is 2.20. The molecule has 0 aliphatic carbocycles. The minimum absolute atomic E-state index is 0.299. The molecule has 0 fully saturated rings. The van der Waals surface area contributed by atoms with Crippen LogP contribution in [0.4, 0.5) is 4.39 Å². The largest absolute Gasteiger partial charge is 0.480 e. The number of rotatable bonds is 4. The summed E-state index contributed by atoms with van der Waals surface area (Å²) in [7, 11) is 1.50. The highest BCUT2D eigenvalue weighted by atomic mass is 35.5. The zero-order valence-electron chi connectivity index (χ0n) is 10.3. The quantitative estimate of drug-likeness (QED) is 0.935. The first-order chi connectivity index (χ1) is 9.10. The Morgan fingerprint density at radius 1 is 1.32 bits per heavy atom. The standard InChI is InChI=1S/C13H13ClFN3O/c1-19-13-5-4-12(17-18-13)11(16)7-8-6-9(14)2-3-10(8)15/h2-6,11H,7,16H2,1H3. The van der Waals surface area contributed by atoms with Gasteiger partial charge in [-0.05, 0) is 36.2 Å². The highest BCUT2D eigenvalue weighted by molar-refractivity contribution is 6.30. The monoisotopic (exact) mass is 281 g/mol. The van der Waals surface area contributed by atoms with Crippen molar-refractivity contribution < 1.29 is 9.13 Å². The number of hydrogen-bond acceptors (Lipinski definition) is 4. The fraction of sp³-hybridized carbons (Fsp3) is 0.231. The summed E-state index contributed by atoms with van der Waals surface area (Å²) in [5.41, 5.74) is 7.01. The van der Waals surface area contributed by atoms with Crippen LogP contribution in [0.1, 0.15) is 17.3 Å². The van der Waals surface area contributed by atoms with Gasteiger partial charge in [-0.15, -0.1) is 5.10 Å². The van der Waals surface area contributed by atoms with E-state index in [4.69, 9.17) is 22.1 Å². The van der Waals surface area contributed by atoms with E-state index in [0.717, 1.165) is 0 Å². The van der Waals surface area contributed by atoms with E-state index in [2.05, 4.69) is 10.2 Å². The van der Waals surface area contributed by atoms with Crippen LogP contribution in [-0.4, -0.2) is 17.3 Å². The lowest BCUT2D eigenvalue weighted by atomic mass is 10.0. The summed E-state index contributed by atoms with van der Waals surface area (Å²) in [4.78, 5) is 0. The average Bonchev–Trinajstić information content (AvgIpc) is 2.43. The Hall–Kier alpha value is -1.72. The van der Waals surface area contributed by atoms with Gasteiger partial charge < -0.3 is 10.5 Å². The van der Waals surface area contributed by atoms with Gasteiger partial charge in [-0.1, -0.05) is 11.6 Å². The Labute approximate surface area is 115 Å². The third-order valence-electron chi connectivity index (χ3n) is 2.70. The Morgan fingerprint density at radius 3 is 2.74 bits per heavy atom. The summed E-state index contributed by atoms with van der Waals surface area (Å²) < 4.78 is 18.5. The van der Waals surface area contributed by atoms with Gasteiger partial charge >= 0.3 is 0 Å². The first-order valence-electron chi connectivity index (χ1n) is 5.67. The lowest BCUT2D eigenvalue weighted by Gasteiger charge is -2.11. The first-order valence-corrected chi connectivity index (χ1v) is 6.05. The second kappa shape index (κ2) is 5.95. The maximum absolute atomic E-state index is 13.6. The number of methoxy groups -OCH3 is 1. The van der Waals surface area contributed by atoms with Crippen LogP contribution in [-0.2, 0) is 6.42 Å². The molecule has 1 heterocycles. The number of nitrogens with zero attached hydrogens (tertiary/aromatic N) is 2. The molecule has 1 aromatic heterocycles. The van der Waals surface area contributed by atoms with E-state index >= 15 is 0 Å². The molecule has 0 saturated heterocycles. The van der Waals surface area contributed by atoms with Crippen molar-refractivity contribution in [3.63, 3.8) is 0 Å². The van der Waals surface area contributed by atoms with E-state index in [0.29, 0.717) is 28.6 Å². The molecule has 0 aliphatic rings. The van der Waals surface area contributed by atoms with Gasteiger partial charge in [0.05, 0.1) is 18.8 Å². The Balaban J connectivity index is 2.15. The van der Waals surface area contributed by atoms with Gasteiger partial charge in [0.2, 0.25) is 5.88 Å². The van der Waals surface area contributed by atoms with Crippen LogP contribution in [0, 0.1) is 5.82 Å². The second-order valence-corrected chi connectivity index (χ2v) is 4.48. The van der Waals surface area contributed by atoms with E-state index in [9.17, 15) is 4.39 Å². The SMILES string of the molecule is COc1ccc(C(N)Cc2cc(Cl)ccc2F)nn1. The van der Waals surface area contributed by atoms with Crippen molar-refractivity contribution >= 4 is 11.6 Å². The maximum atomic E-state index is 13.6. The van der Waals surface area contributed by atoms with Crippen LogP contribution in [0.25, 0.3) is 0 Å². The summed E-state index contributed by atoms with van der Waals surface area (Å²) in [6.07, 6.45) is 0.299. The normalized spacial score (nSPS) is 12.2. The number of aromatic nitrogens is 2. The lowest BCUT2D eigenvalue weighted by molar-refractivity contribution is 0.390. The van der Waals surface area contributed by atoms with Crippen molar-refractivity contribution in [1.82, 2.24) is 10.2 Å². The molecule has 0 spiro atoms. The van der Waals surface area contributed by atoms with Gasteiger partial charge in [-0.25, -0.2) is 4.39 Å². The van der Waals surface area contributed by atoms with Crippen molar-refractivity contribution in [3.8, 4) is 5.88 Å². The number of hydrogen-bond donors (Lipinski definition) is 1. The molecule has 19 heavy (non-hydrogen) atoms. The maximum Gasteiger partial charge on any atom is 0.233 e. The molecule has 0 amide bonds. The molecular weight excluding hydrogens is 269 g/mol. The van der Waals surface area contributed by atoms with Crippen molar-refractivity contribution in [2.24, 2.45) is 5.73 Å². The molecule has 1 aromatic carbocycles. The number of halogens is 2. The third-order valence-corrected chi connectivity index (χ3v) is 2.93. The molecule has 2 aromatic rings. The predicted molar refractivity (Wildman–Crippen MR) is 70.6 cm³/mol. The molecule has 4 nitrogen and oxygen atoms in total. The molecular formula is C13H13ClFN3O. The van der Waals surface area contributed by atoms with Gasteiger partial charge in [-0.2, -0.15) is 5.10 Å². The summed E-state index contributed by atoms with van der Waals surface area (Å²) in [5, 5.41) is 8.25. The zero-order valence-corrected chi connectivity index (χ0v) is 11.1. The van der Waals surface area contributed by atoms with E-state index in [1.807, 2.05) is 0 Å². The average molecular weight is 282 g/mol. The van der Waals surface area contributed by atoms with Crippen LogP contribution in [0.3, 0.4) is 0 Å². The Morgan fingerprint density at radius 2 is 2.11 bits per heavy atom. The van der Waals surface area contributed by atoms with Crippen molar-refractivity contribution in [2.45, 2.75) is 12.5 Å². The minimum Gasteiger partial charge on any atom is -0.480 e. The van der Waals surface area contributed by atoms with Crippen LogP contribution in [0.15, 0.2) is 30.3 Å². The topological polar surface area (TPSA) is 61.0 Å². The van der Waals surface area contributed by atoms with Gasteiger partial charge in [0.25, 0.3) is 0 Å². The molecule has 1 atom stereocenters. The first kappa shape index (κ1) is 13.7. The van der Waals surface area contributed by atoms with E-state index in [1.165, 1.54) is 19.2 Å². The van der Waals surface area contributed by atoms with E-state index in [-0.39, 0.29) is 5.82 Å². The highest BCUT2D eigenvalue weighted by Gasteiger charge is 2.13. The molecule has 0 aliphatic heterocycles. The lowest BCUT2D eigenvalue weighted by Crippen LogP contribution is -2.16. The van der Waals surface area contributed by atoms with Gasteiger partial charge in [-0.3, -0.25) is 0 Å². The third kappa shape index (κ3) is 3.39. The number of nitrogens with two attached hydrogens (primary N) is 1. The van der Waals surface area contributed by atoms with Gasteiger partial charge in [0.1, 0.15) is 5.82 Å². The smallest absolute Gasteiger partial charge is 0.233 e. The van der Waals surface area contributed by atoms with Crippen LogP contribution < -0.4 is 10.5 Å². The molecule has 1 unspecified atom stereocenters. The fourth-order valence-electron chi connectivity index (χ4n) is 1.68. The molecule has 2 N–H and O–H groups in total. The molecule has 2 rings (SSSR count). The van der Waals surface area contributed by atoms with E-state index < -0.39 is 6.04 Å². The van der Waals surface area contributed by atoms with Crippen LogP contribution in [0.5, 0.6) is 5.88 Å². The van der Waals surface area contributed by atoms with Crippen molar-refractivity contribution in [2.75, 3.05) is 7.11 Å². The number of ether oxygens (including phenoxy) is 1. The van der Waals surface area contributed by atoms with Crippen molar-refractivity contribution in [1.29, 1.82) is 0 Å². The van der Waals surface area contributed by atoms with Gasteiger partial charge in [0, 0.05) is 11.1 Å². The van der Waals surface area contributed by atoms with Gasteiger partial charge in [0.15, 0.2) is 0 Å². The Bertz CT molecular complexity index is 562. The molecule has 6 heteroatoms. The summed E-state index contributed by atoms with van der Waals surface area (Å²) in [5.74, 6) is 0.0752. The Kier molecular flexibility index (Phi) is 4.29. The molecule has 0 bridgehead atoms. The molecule has 0 saturated carbocycles.